The quantitative estimate of drug-likeness (QED) is 0.655. The van der Waals surface area contributed by atoms with Crippen LogP contribution in [0.15, 0.2) is 0 Å². The van der Waals surface area contributed by atoms with E-state index in [0.29, 0.717) is 6.04 Å². The van der Waals surface area contributed by atoms with Crippen LogP contribution in [0.1, 0.15) is 39.0 Å². The Kier molecular flexibility index (Phi) is 3.53. The number of carbonyl (C=O) groups excluding carboxylic acids is 1. The molecule has 3 nitrogen and oxygen atoms in total. The third-order valence-electron chi connectivity index (χ3n) is 2.39. The van der Waals surface area contributed by atoms with Crippen LogP contribution < -0.4 is 11.1 Å². The molecule has 0 spiro atoms. The first kappa shape index (κ1) is 9.52. The van der Waals surface area contributed by atoms with Crippen molar-refractivity contribution in [2.24, 2.45) is 5.73 Å². The van der Waals surface area contributed by atoms with Crippen LogP contribution >= 0.6 is 0 Å². The Balaban J connectivity index is 2.16. The highest BCUT2D eigenvalue weighted by Crippen LogP contribution is 2.17. The first-order chi connectivity index (χ1) is 5.74. The fraction of sp³-hybridized carbons (Fsp3) is 0.889. The molecule has 0 unspecified atom stereocenters. The van der Waals surface area contributed by atoms with Gasteiger partial charge in [-0.2, -0.15) is 0 Å². The Morgan fingerprint density at radius 1 is 1.67 bits per heavy atom. The molecule has 0 heterocycles. The van der Waals surface area contributed by atoms with Gasteiger partial charge in [-0.1, -0.05) is 13.3 Å². The second-order valence-electron chi connectivity index (χ2n) is 3.53. The minimum atomic E-state index is -0.296. The van der Waals surface area contributed by atoms with Gasteiger partial charge in [0.2, 0.25) is 5.91 Å². The molecule has 0 aliphatic heterocycles. The molecule has 0 bridgehead atoms. The fourth-order valence-corrected chi connectivity index (χ4v) is 1.30. The molecular weight excluding hydrogens is 152 g/mol. The summed E-state index contributed by atoms with van der Waals surface area (Å²) in [6, 6.07) is 0.121. The lowest BCUT2D eigenvalue weighted by Gasteiger charge is -2.27. The zero-order valence-electron chi connectivity index (χ0n) is 7.68. The molecular formula is C9H18N2O. The summed E-state index contributed by atoms with van der Waals surface area (Å²) in [6.07, 6.45) is 5.26. The second kappa shape index (κ2) is 4.45. The van der Waals surface area contributed by atoms with Gasteiger partial charge in [0.25, 0.3) is 0 Å². The van der Waals surface area contributed by atoms with Gasteiger partial charge in [-0.15, -0.1) is 0 Å². The van der Waals surface area contributed by atoms with Gasteiger partial charge >= 0.3 is 0 Å². The molecule has 0 aromatic carbocycles. The van der Waals surface area contributed by atoms with Crippen LogP contribution in [-0.2, 0) is 4.79 Å². The molecule has 70 valence electrons. The van der Waals surface area contributed by atoms with Gasteiger partial charge in [0.05, 0.1) is 6.04 Å². The van der Waals surface area contributed by atoms with Crippen LogP contribution in [0, 0.1) is 0 Å². The molecule has 1 saturated carbocycles. The first-order valence-corrected chi connectivity index (χ1v) is 4.80. The number of nitrogens with two attached hydrogens (primary N) is 1. The summed E-state index contributed by atoms with van der Waals surface area (Å²) in [6.45, 7) is 2.04. The summed E-state index contributed by atoms with van der Waals surface area (Å²) in [5.74, 6) is 0.0292. The van der Waals surface area contributed by atoms with Crippen LogP contribution in [0.3, 0.4) is 0 Å². The second-order valence-corrected chi connectivity index (χ2v) is 3.53. The van der Waals surface area contributed by atoms with E-state index < -0.39 is 0 Å². The maximum absolute atomic E-state index is 11.3. The molecule has 0 saturated heterocycles. The summed E-state index contributed by atoms with van der Waals surface area (Å²) < 4.78 is 0. The molecule has 1 amide bonds. The van der Waals surface area contributed by atoms with E-state index in [1.165, 1.54) is 6.42 Å². The Hall–Kier alpha value is -0.570. The lowest BCUT2D eigenvalue weighted by Crippen LogP contribution is -2.47. The van der Waals surface area contributed by atoms with Crippen LogP contribution in [-0.4, -0.2) is 18.0 Å². The van der Waals surface area contributed by atoms with Crippen molar-refractivity contribution in [3.8, 4) is 0 Å². The van der Waals surface area contributed by atoms with Crippen molar-refractivity contribution in [2.75, 3.05) is 0 Å². The number of amides is 1. The molecule has 12 heavy (non-hydrogen) atoms. The maximum atomic E-state index is 11.3. The Labute approximate surface area is 73.7 Å². The monoisotopic (exact) mass is 170 g/mol. The molecule has 1 atom stereocenters. The molecule has 3 N–H and O–H groups in total. The van der Waals surface area contributed by atoms with Gasteiger partial charge < -0.3 is 11.1 Å². The number of hydrogen-bond acceptors (Lipinski definition) is 2. The van der Waals surface area contributed by atoms with Crippen LogP contribution in [0.25, 0.3) is 0 Å². The van der Waals surface area contributed by atoms with E-state index in [4.69, 9.17) is 5.73 Å². The van der Waals surface area contributed by atoms with Gasteiger partial charge in [0, 0.05) is 6.04 Å². The average Bonchev–Trinajstić information content (AvgIpc) is 1.97. The molecule has 1 aliphatic carbocycles. The molecule has 3 heteroatoms. The van der Waals surface area contributed by atoms with Crippen molar-refractivity contribution in [3.63, 3.8) is 0 Å². The number of hydrogen-bond donors (Lipinski definition) is 2. The Morgan fingerprint density at radius 3 is 2.75 bits per heavy atom. The topological polar surface area (TPSA) is 55.1 Å². The Bertz CT molecular complexity index is 155. The van der Waals surface area contributed by atoms with E-state index in [2.05, 4.69) is 5.32 Å². The lowest BCUT2D eigenvalue weighted by molar-refractivity contribution is -0.123. The number of carbonyl (C=O) groups is 1. The fourth-order valence-electron chi connectivity index (χ4n) is 1.30. The molecule has 1 rings (SSSR count). The van der Waals surface area contributed by atoms with E-state index in [1.54, 1.807) is 0 Å². The third kappa shape index (κ3) is 2.48. The van der Waals surface area contributed by atoms with Crippen LogP contribution in [0.2, 0.25) is 0 Å². The van der Waals surface area contributed by atoms with Crippen molar-refractivity contribution in [1.29, 1.82) is 0 Å². The van der Waals surface area contributed by atoms with Crippen LogP contribution in [0.5, 0.6) is 0 Å². The van der Waals surface area contributed by atoms with E-state index in [0.717, 1.165) is 25.7 Å². The van der Waals surface area contributed by atoms with Crippen molar-refractivity contribution in [2.45, 2.75) is 51.1 Å². The normalized spacial score (nSPS) is 19.8. The number of rotatable bonds is 4. The van der Waals surface area contributed by atoms with E-state index in [1.807, 2.05) is 6.92 Å². The standard InChI is InChI=1S/C9H18N2O/c1-2-4-8(10)9(12)11-7-5-3-6-7/h7-8H,2-6,10H2,1H3,(H,11,12)/t8-/m1/s1. The summed E-state index contributed by atoms with van der Waals surface area (Å²) in [5, 5.41) is 2.94. The summed E-state index contributed by atoms with van der Waals surface area (Å²) in [5.41, 5.74) is 5.64. The molecule has 1 aliphatic rings. The van der Waals surface area contributed by atoms with Crippen molar-refractivity contribution in [3.05, 3.63) is 0 Å². The maximum Gasteiger partial charge on any atom is 0.237 e. The molecule has 1 fully saturated rings. The summed E-state index contributed by atoms with van der Waals surface area (Å²) in [4.78, 5) is 11.3. The largest absolute Gasteiger partial charge is 0.352 e. The minimum absolute atomic E-state index is 0.0292. The van der Waals surface area contributed by atoms with Crippen molar-refractivity contribution < 1.29 is 4.79 Å². The van der Waals surface area contributed by atoms with Crippen molar-refractivity contribution in [1.82, 2.24) is 5.32 Å². The highest BCUT2D eigenvalue weighted by molar-refractivity contribution is 5.81. The minimum Gasteiger partial charge on any atom is -0.352 e. The Morgan fingerprint density at radius 2 is 2.33 bits per heavy atom. The molecule has 0 aromatic rings. The zero-order chi connectivity index (χ0) is 8.97. The predicted octanol–water partition coefficient (Wildman–Crippen LogP) is 0.782. The van der Waals surface area contributed by atoms with E-state index in [-0.39, 0.29) is 11.9 Å². The van der Waals surface area contributed by atoms with Crippen LogP contribution in [0.4, 0.5) is 0 Å². The molecule has 0 radical (unpaired) electrons. The lowest BCUT2D eigenvalue weighted by atomic mass is 9.93. The van der Waals surface area contributed by atoms with Gasteiger partial charge in [-0.3, -0.25) is 4.79 Å². The highest BCUT2D eigenvalue weighted by Gasteiger charge is 2.21. The average molecular weight is 170 g/mol. The smallest absolute Gasteiger partial charge is 0.237 e. The predicted molar refractivity (Wildman–Crippen MR) is 48.7 cm³/mol. The summed E-state index contributed by atoms with van der Waals surface area (Å²) in [7, 11) is 0. The number of nitrogens with one attached hydrogen (secondary N) is 1. The SMILES string of the molecule is CCC[C@@H](N)C(=O)NC1CCC1. The van der Waals surface area contributed by atoms with Gasteiger partial charge in [-0.25, -0.2) is 0 Å². The first-order valence-electron chi connectivity index (χ1n) is 4.80. The summed E-state index contributed by atoms with van der Waals surface area (Å²) >= 11 is 0. The zero-order valence-corrected chi connectivity index (χ0v) is 7.68. The van der Waals surface area contributed by atoms with Gasteiger partial charge in [0.1, 0.15) is 0 Å². The van der Waals surface area contributed by atoms with E-state index in [9.17, 15) is 4.79 Å². The van der Waals surface area contributed by atoms with E-state index >= 15 is 0 Å². The van der Waals surface area contributed by atoms with Crippen molar-refractivity contribution >= 4 is 5.91 Å². The highest BCUT2D eigenvalue weighted by atomic mass is 16.2. The molecule has 0 aromatic heterocycles. The van der Waals surface area contributed by atoms with Gasteiger partial charge in [-0.05, 0) is 25.7 Å². The third-order valence-corrected chi connectivity index (χ3v) is 2.39. The van der Waals surface area contributed by atoms with Gasteiger partial charge in [0.15, 0.2) is 0 Å².